The highest BCUT2D eigenvalue weighted by Gasteiger charge is 2.35. The molecule has 5 nitrogen and oxygen atoms in total. The van der Waals surface area contributed by atoms with Crippen LogP contribution in [0.25, 0.3) is 6.08 Å². The van der Waals surface area contributed by atoms with Crippen molar-refractivity contribution < 1.29 is 23.5 Å². The molecule has 0 N–H and O–H groups in total. The van der Waals surface area contributed by atoms with Crippen LogP contribution >= 0.6 is 11.8 Å². The highest BCUT2D eigenvalue weighted by atomic mass is 32.2. The number of halogens is 1. The average molecular weight is 478 g/mol. The van der Waals surface area contributed by atoms with E-state index in [-0.39, 0.29) is 30.1 Å². The molecule has 0 aromatic heterocycles. The Hall–Kier alpha value is -3.58. The molecule has 3 aromatic carbocycles. The molecule has 174 valence electrons. The predicted octanol–water partition coefficient (Wildman–Crippen LogP) is 6.35. The van der Waals surface area contributed by atoms with Gasteiger partial charge in [-0.05, 0) is 72.6 Å². The van der Waals surface area contributed by atoms with Crippen LogP contribution in [0.3, 0.4) is 0 Å². The van der Waals surface area contributed by atoms with Crippen LogP contribution in [0.15, 0.2) is 71.6 Å². The highest BCUT2D eigenvalue weighted by molar-refractivity contribution is 8.18. The molecule has 1 saturated heterocycles. The lowest BCUT2D eigenvalue weighted by Crippen LogP contribution is -2.27. The molecule has 1 aliphatic rings. The molecule has 34 heavy (non-hydrogen) atoms. The minimum absolute atomic E-state index is 0.239. The summed E-state index contributed by atoms with van der Waals surface area (Å²) < 4.78 is 24.7. The molecule has 0 aliphatic carbocycles. The number of rotatable bonds is 8. The largest absolute Gasteiger partial charge is 0.490 e. The summed E-state index contributed by atoms with van der Waals surface area (Å²) in [7, 11) is 0. The molecule has 0 bridgehead atoms. The van der Waals surface area contributed by atoms with Gasteiger partial charge in [-0.15, -0.1) is 0 Å². The Morgan fingerprint density at radius 2 is 1.62 bits per heavy atom. The Bertz CT molecular complexity index is 1220. The summed E-state index contributed by atoms with van der Waals surface area (Å²) in [6, 6.07) is 19.2. The maximum absolute atomic E-state index is 13.1. The molecule has 2 amide bonds. The molecule has 3 aromatic rings. The van der Waals surface area contributed by atoms with Gasteiger partial charge >= 0.3 is 0 Å². The standard InChI is InChI=1S/C27H24FNO4S/c1-3-32-24-14-21(10-13-23(24)33-17-20-8-11-22(28)12-9-20)15-25-26(30)29(27(31)34-25)16-19-6-4-18(2)5-7-19/h4-15H,3,16-17H2,1-2H3/b25-15-. The molecular formula is C27H24FNO4S. The maximum Gasteiger partial charge on any atom is 0.293 e. The maximum atomic E-state index is 13.1. The first-order valence-corrected chi connectivity index (χ1v) is 11.7. The number of imide groups is 1. The van der Waals surface area contributed by atoms with Gasteiger partial charge in [0.1, 0.15) is 12.4 Å². The normalized spacial score (nSPS) is 14.7. The van der Waals surface area contributed by atoms with E-state index >= 15 is 0 Å². The minimum atomic E-state index is -0.315. The lowest BCUT2D eigenvalue weighted by Gasteiger charge is -2.13. The lowest BCUT2D eigenvalue weighted by molar-refractivity contribution is -0.123. The van der Waals surface area contributed by atoms with Gasteiger partial charge in [-0.2, -0.15) is 0 Å². The monoisotopic (exact) mass is 477 g/mol. The fourth-order valence-electron chi connectivity index (χ4n) is 3.41. The Morgan fingerprint density at radius 1 is 0.912 bits per heavy atom. The van der Waals surface area contributed by atoms with E-state index in [4.69, 9.17) is 9.47 Å². The van der Waals surface area contributed by atoms with Crippen molar-refractivity contribution in [1.82, 2.24) is 4.90 Å². The Morgan fingerprint density at radius 3 is 2.32 bits per heavy atom. The van der Waals surface area contributed by atoms with E-state index < -0.39 is 0 Å². The van der Waals surface area contributed by atoms with Crippen LogP contribution in [-0.2, 0) is 17.9 Å². The molecular weight excluding hydrogens is 453 g/mol. The third-order valence-corrected chi connectivity index (χ3v) is 6.12. The number of ether oxygens (including phenoxy) is 2. The first-order valence-electron chi connectivity index (χ1n) is 10.9. The smallest absolute Gasteiger partial charge is 0.293 e. The number of thioether (sulfide) groups is 1. The van der Waals surface area contributed by atoms with Gasteiger partial charge < -0.3 is 9.47 Å². The second-order valence-corrected chi connectivity index (χ2v) is 8.80. The Kier molecular flexibility index (Phi) is 7.33. The van der Waals surface area contributed by atoms with Crippen LogP contribution in [0.2, 0.25) is 0 Å². The molecule has 0 spiro atoms. The van der Waals surface area contributed by atoms with Crippen molar-refractivity contribution in [1.29, 1.82) is 0 Å². The zero-order valence-corrected chi connectivity index (χ0v) is 19.7. The number of benzene rings is 3. The summed E-state index contributed by atoms with van der Waals surface area (Å²) in [5.74, 6) is 0.449. The number of hydrogen-bond acceptors (Lipinski definition) is 5. The van der Waals surface area contributed by atoms with Gasteiger partial charge in [0.05, 0.1) is 18.1 Å². The molecule has 1 heterocycles. The van der Waals surface area contributed by atoms with Gasteiger partial charge in [0, 0.05) is 0 Å². The van der Waals surface area contributed by atoms with E-state index in [0.29, 0.717) is 23.0 Å². The van der Waals surface area contributed by atoms with Gasteiger partial charge in [0.2, 0.25) is 0 Å². The van der Waals surface area contributed by atoms with Gasteiger partial charge in [0.25, 0.3) is 11.1 Å². The summed E-state index contributed by atoms with van der Waals surface area (Å²) in [6.07, 6.45) is 1.69. The average Bonchev–Trinajstić information content (AvgIpc) is 3.08. The quantitative estimate of drug-likeness (QED) is 0.354. The summed E-state index contributed by atoms with van der Waals surface area (Å²) in [5.41, 5.74) is 3.57. The van der Waals surface area contributed by atoms with E-state index in [2.05, 4.69) is 0 Å². The van der Waals surface area contributed by atoms with Crippen LogP contribution in [0.1, 0.15) is 29.2 Å². The van der Waals surface area contributed by atoms with Gasteiger partial charge in [0.15, 0.2) is 11.5 Å². The fourth-order valence-corrected chi connectivity index (χ4v) is 4.25. The van der Waals surface area contributed by atoms with Crippen LogP contribution in [0, 0.1) is 12.7 Å². The van der Waals surface area contributed by atoms with Crippen LogP contribution in [0.4, 0.5) is 9.18 Å². The molecule has 0 saturated carbocycles. The topological polar surface area (TPSA) is 55.8 Å². The van der Waals surface area contributed by atoms with Crippen molar-refractivity contribution >= 4 is 29.0 Å². The summed E-state index contributed by atoms with van der Waals surface area (Å²) in [4.78, 5) is 27.0. The third kappa shape index (κ3) is 5.66. The van der Waals surface area contributed by atoms with E-state index in [1.54, 1.807) is 36.4 Å². The second kappa shape index (κ2) is 10.6. The lowest BCUT2D eigenvalue weighted by atomic mass is 10.1. The predicted molar refractivity (Wildman–Crippen MR) is 131 cm³/mol. The number of aryl methyl sites for hydroxylation is 1. The van der Waals surface area contributed by atoms with Gasteiger partial charge in [-0.25, -0.2) is 4.39 Å². The summed E-state index contributed by atoms with van der Waals surface area (Å²) in [5, 5.41) is -0.291. The van der Waals surface area contributed by atoms with Crippen LogP contribution in [0.5, 0.6) is 11.5 Å². The zero-order valence-electron chi connectivity index (χ0n) is 18.9. The molecule has 1 aliphatic heterocycles. The molecule has 0 atom stereocenters. The van der Waals surface area contributed by atoms with Crippen LogP contribution in [-0.4, -0.2) is 22.7 Å². The SMILES string of the molecule is CCOc1cc(/C=C2\SC(=O)N(Cc3ccc(C)cc3)C2=O)ccc1OCc1ccc(F)cc1. The molecule has 4 rings (SSSR count). The third-order valence-electron chi connectivity index (χ3n) is 5.21. The first kappa shape index (κ1) is 23.6. The van der Waals surface area contributed by atoms with Gasteiger partial charge in [-0.1, -0.05) is 48.0 Å². The fraction of sp³-hybridized carbons (Fsp3) is 0.185. The Labute approximate surface area is 202 Å². The summed E-state index contributed by atoms with van der Waals surface area (Å²) >= 11 is 0.927. The van der Waals surface area contributed by atoms with E-state index in [9.17, 15) is 14.0 Å². The zero-order chi connectivity index (χ0) is 24.1. The molecule has 0 radical (unpaired) electrons. The molecule has 1 fully saturated rings. The van der Waals surface area contributed by atoms with Crippen molar-refractivity contribution in [2.24, 2.45) is 0 Å². The van der Waals surface area contributed by atoms with Crippen LogP contribution < -0.4 is 9.47 Å². The van der Waals surface area contributed by atoms with Crippen molar-refractivity contribution in [3.63, 3.8) is 0 Å². The number of carbonyl (C=O) groups excluding carboxylic acids is 2. The molecule has 7 heteroatoms. The van der Waals surface area contributed by atoms with Crippen molar-refractivity contribution in [2.45, 2.75) is 27.0 Å². The van der Waals surface area contributed by atoms with Crippen molar-refractivity contribution in [2.75, 3.05) is 6.61 Å². The van der Waals surface area contributed by atoms with Crippen molar-refractivity contribution in [3.05, 3.63) is 99.7 Å². The molecule has 0 unspecified atom stereocenters. The van der Waals surface area contributed by atoms with E-state index in [1.165, 1.54) is 17.0 Å². The minimum Gasteiger partial charge on any atom is -0.490 e. The van der Waals surface area contributed by atoms with E-state index in [1.807, 2.05) is 38.1 Å². The van der Waals surface area contributed by atoms with E-state index in [0.717, 1.165) is 34.0 Å². The second-order valence-electron chi connectivity index (χ2n) is 7.81. The number of nitrogens with zero attached hydrogens (tertiary/aromatic N) is 1. The number of hydrogen-bond donors (Lipinski definition) is 0. The number of carbonyl (C=O) groups is 2. The first-order chi connectivity index (χ1) is 16.4. The highest BCUT2D eigenvalue weighted by Crippen LogP contribution is 2.35. The Balaban J connectivity index is 1.49. The van der Waals surface area contributed by atoms with Crippen molar-refractivity contribution in [3.8, 4) is 11.5 Å². The summed E-state index contributed by atoms with van der Waals surface area (Å²) in [6.45, 7) is 4.79. The van der Waals surface area contributed by atoms with Gasteiger partial charge in [-0.3, -0.25) is 14.5 Å². The number of amides is 2.